The highest BCUT2D eigenvalue weighted by Crippen LogP contribution is 2.62. The summed E-state index contributed by atoms with van der Waals surface area (Å²) in [5, 5.41) is 0. The Morgan fingerprint density at radius 3 is 1.41 bits per heavy atom. The van der Waals surface area contributed by atoms with Gasteiger partial charge in [0.25, 0.3) is 0 Å². The molecule has 3 nitrogen and oxygen atoms in total. The van der Waals surface area contributed by atoms with Gasteiger partial charge in [-0.1, -0.05) is 123 Å². The first-order valence-corrected chi connectivity index (χ1v) is 24.1. The van der Waals surface area contributed by atoms with Crippen LogP contribution in [0.3, 0.4) is 0 Å². The van der Waals surface area contributed by atoms with Crippen LogP contribution in [-0.2, 0) is 18.8 Å². The number of hydrogen-bond donors (Lipinski definition) is 0. The highest BCUT2D eigenvalue weighted by atomic mass is 19.4. The Labute approximate surface area is 393 Å². The van der Waals surface area contributed by atoms with Crippen LogP contribution in [0.25, 0.3) is 22.3 Å². The van der Waals surface area contributed by atoms with Crippen LogP contribution in [0.15, 0.2) is 146 Å². The maximum atomic E-state index is 15.2. The fourth-order valence-corrected chi connectivity index (χ4v) is 11.8. The van der Waals surface area contributed by atoms with Crippen molar-refractivity contribution in [3.05, 3.63) is 185 Å². The molecule has 9 heteroatoms. The van der Waals surface area contributed by atoms with E-state index in [9.17, 15) is 0 Å². The van der Waals surface area contributed by atoms with Crippen molar-refractivity contribution in [2.45, 2.75) is 107 Å². The summed E-state index contributed by atoms with van der Waals surface area (Å²) in [5.41, 5.74) is 7.33. The smallest absolute Gasteiger partial charge is 0.416 e. The number of benzene rings is 7. The fraction of sp³-hybridized carbons (Fsp3) is 0.288. The van der Waals surface area contributed by atoms with Crippen molar-refractivity contribution < 1.29 is 35.8 Å². The standard InChI is InChI=1S/C59H51F6NO2/c60-58(61,62)42-24-15-22-40(35-42)52-54(38-18-3-1-4-19-38)57(66-46-27-9-13-31-50(46)68-51-32-14-10-28-47(51)66)55(39-20-5-2-6-21-39)53(41-23-16-25-43(36-41)59(63,64)65)56(52)45-34-33-37-17-7-11-29-48(37)67-49-30-12-8-26-44(45)49/h7-17,22-32,35-36,38-39,45H,1-6,18-21,33-34H2. The molecule has 0 aromatic heterocycles. The molecule has 7 aromatic rings. The van der Waals surface area contributed by atoms with E-state index in [0.717, 1.165) is 127 Å². The molecule has 11 rings (SSSR count). The number of para-hydroxylation sites is 6. The van der Waals surface area contributed by atoms with Crippen molar-refractivity contribution in [3.63, 3.8) is 0 Å². The van der Waals surface area contributed by atoms with Crippen molar-refractivity contribution in [2.75, 3.05) is 4.90 Å². The van der Waals surface area contributed by atoms with Gasteiger partial charge in [-0.05, 0) is 156 Å². The summed E-state index contributed by atoms with van der Waals surface area (Å²) >= 11 is 0. The molecule has 0 saturated heterocycles. The Kier molecular flexibility index (Phi) is 11.6. The molecule has 0 bridgehead atoms. The summed E-state index contributed by atoms with van der Waals surface area (Å²) in [7, 11) is 0. The number of halogens is 6. The maximum Gasteiger partial charge on any atom is 0.416 e. The van der Waals surface area contributed by atoms with Crippen molar-refractivity contribution in [2.24, 2.45) is 0 Å². The lowest BCUT2D eigenvalue weighted by Gasteiger charge is -2.43. The summed E-state index contributed by atoms with van der Waals surface area (Å²) in [5.74, 6) is 1.85. The molecule has 1 atom stereocenters. The van der Waals surface area contributed by atoms with E-state index < -0.39 is 29.4 Å². The van der Waals surface area contributed by atoms with Gasteiger partial charge >= 0.3 is 12.4 Å². The first kappa shape index (κ1) is 44.1. The minimum Gasteiger partial charge on any atom is -0.457 e. The van der Waals surface area contributed by atoms with Gasteiger partial charge in [0.15, 0.2) is 11.5 Å². The first-order valence-electron chi connectivity index (χ1n) is 24.1. The Hall–Kier alpha value is -6.48. The second-order valence-corrected chi connectivity index (χ2v) is 18.9. The van der Waals surface area contributed by atoms with Crippen LogP contribution in [0, 0.1) is 0 Å². The van der Waals surface area contributed by atoms with Gasteiger partial charge in [0.2, 0.25) is 0 Å². The summed E-state index contributed by atoms with van der Waals surface area (Å²) in [4.78, 5) is 2.26. The molecule has 2 heterocycles. The van der Waals surface area contributed by atoms with Crippen LogP contribution in [0.2, 0.25) is 0 Å². The van der Waals surface area contributed by atoms with E-state index in [-0.39, 0.29) is 11.8 Å². The quantitative estimate of drug-likeness (QED) is 0.155. The molecule has 0 N–H and O–H groups in total. The summed E-state index contributed by atoms with van der Waals surface area (Å²) in [6.45, 7) is 0. The monoisotopic (exact) mass is 919 g/mol. The molecule has 2 aliphatic heterocycles. The normalized spacial score (nSPS) is 17.7. The molecule has 0 amide bonds. The van der Waals surface area contributed by atoms with E-state index in [4.69, 9.17) is 9.47 Å². The maximum absolute atomic E-state index is 15.2. The molecule has 68 heavy (non-hydrogen) atoms. The van der Waals surface area contributed by atoms with Crippen molar-refractivity contribution in [1.82, 2.24) is 0 Å². The van der Waals surface area contributed by atoms with Crippen LogP contribution in [0.4, 0.5) is 43.4 Å². The van der Waals surface area contributed by atoms with E-state index in [0.29, 0.717) is 52.3 Å². The molecule has 7 aromatic carbocycles. The Balaban J connectivity index is 1.38. The van der Waals surface area contributed by atoms with E-state index in [1.807, 2.05) is 97.1 Å². The van der Waals surface area contributed by atoms with Gasteiger partial charge in [-0.15, -0.1) is 0 Å². The van der Waals surface area contributed by atoms with Gasteiger partial charge in [-0.25, -0.2) is 0 Å². The van der Waals surface area contributed by atoms with E-state index in [2.05, 4.69) is 4.90 Å². The fourth-order valence-electron chi connectivity index (χ4n) is 11.8. The van der Waals surface area contributed by atoms with Crippen LogP contribution in [0.1, 0.15) is 127 Å². The number of nitrogens with zero attached hydrogens (tertiary/aromatic N) is 1. The number of aryl methyl sites for hydroxylation is 1. The summed E-state index contributed by atoms with van der Waals surface area (Å²) < 4.78 is 105. The Morgan fingerprint density at radius 1 is 0.426 bits per heavy atom. The topological polar surface area (TPSA) is 21.7 Å². The lowest BCUT2D eigenvalue weighted by atomic mass is 9.67. The SMILES string of the molecule is FC(F)(F)c1cccc(-c2c(C3CCCCC3)c(N3c4ccccc4Oc4ccccc43)c(C3CCCCC3)c(-c3cccc(C(F)(F)F)c3)c2C2CCc3ccccc3Oc3ccccc32)c1. The molecular weight excluding hydrogens is 869 g/mol. The number of ether oxygens (including phenoxy) is 2. The van der Waals surface area contributed by atoms with Gasteiger partial charge in [0, 0.05) is 11.5 Å². The molecular formula is C59H51F6NO2. The zero-order valence-electron chi connectivity index (χ0n) is 37.6. The average Bonchev–Trinajstić information content (AvgIpc) is 3.35. The zero-order chi connectivity index (χ0) is 46.6. The lowest BCUT2D eigenvalue weighted by Crippen LogP contribution is -2.25. The number of fused-ring (bicyclic) bond motifs is 4. The minimum atomic E-state index is -4.66. The number of alkyl halides is 6. The second-order valence-electron chi connectivity index (χ2n) is 18.9. The minimum absolute atomic E-state index is 0.0945. The number of hydrogen-bond acceptors (Lipinski definition) is 3. The number of anilines is 3. The third-order valence-electron chi connectivity index (χ3n) is 14.8. The summed E-state index contributed by atoms with van der Waals surface area (Å²) in [6, 6.07) is 42.7. The summed E-state index contributed by atoms with van der Waals surface area (Å²) in [6.07, 6.45) is 0.759. The molecule has 2 saturated carbocycles. The highest BCUT2D eigenvalue weighted by Gasteiger charge is 2.42. The van der Waals surface area contributed by atoms with Gasteiger partial charge < -0.3 is 14.4 Å². The second kappa shape index (κ2) is 17.9. The molecule has 2 fully saturated rings. The van der Waals surface area contributed by atoms with Gasteiger partial charge in [-0.3, -0.25) is 0 Å². The molecule has 1 unspecified atom stereocenters. The molecule has 4 aliphatic rings. The third-order valence-corrected chi connectivity index (χ3v) is 14.8. The van der Waals surface area contributed by atoms with E-state index >= 15 is 26.3 Å². The third kappa shape index (κ3) is 8.11. The van der Waals surface area contributed by atoms with E-state index in [1.165, 1.54) is 24.3 Å². The molecule has 0 spiro atoms. The Morgan fingerprint density at radius 2 is 0.882 bits per heavy atom. The predicted octanol–water partition coefficient (Wildman–Crippen LogP) is 18.6. The first-order chi connectivity index (χ1) is 33.0. The predicted molar refractivity (Wildman–Crippen MR) is 257 cm³/mol. The lowest BCUT2D eigenvalue weighted by molar-refractivity contribution is -0.138. The van der Waals surface area contributed by atoms with Crippen LogP contribution in [-0.4, -0.2) is 0 Å². The molecule has 2 aliphatic carbocycles. The van der Waals surface area contributed by atoms with Crippen molar-refractivity contribution >= 4 is 17.1 Å². The molecule has 346 valence electrons. The van der Waals surface area contributed by atoms with E-state index in [1.54, 1.807) is 12.1 Å². The average molecular weight is 920 g/mol. The zero-order valence-corrected chi connectivity index (χ0v) is 37.6. The number of rotatable bonds is 6. The molecule has 0 radical (unpaired) electrons. The van der Waals surface area contributed by atoms with Crippen molar-refractivity contribution in [1.29, 1.82) is 0 Å². The highest BCUT2D eigenvalue weighted by molar-refractivity contribution is 5.98. The van der Waals surface area contributed by atoms with Crippen molar-refractivity contribution in [3.8, 4) is 45.3 Å². The largest absolute Gasteiger partial charge is 0.457 e. The van der Waals surface area contributed by atoms with Crippen LogP contribution < -0.4 is 14.4 Å². The van der Waals surface area contributed by atoms with Crippen LogP contribution >= 0.6 is 0 Å². The van der Waals surface area contributed by atoms with Gasteiger partial charge in [0.05, 0.1) is 28.2 Å². The van der Waals surface area contributed by atoms with Crippen LogP contribution in [0.5, 0.6) is 23.0 Å². The van der Waals surface area contributed by atoms with Gasteiger partial charge in [-0.2, -0.15) is 26.3 Å². The Bertz CT molecular complexity index is 2850. The van der Waals surface area contributed by atoms with Gasteiger partial charge in [0.1, 0.15) is 11.5 Å².